The number of hydrogen-bond donors (Lipinski definition) is 0. The third kappa shape index (κ3) is 6.60. The van der Waals surface area contributed by atoms with E-state index in [1.165, 1.54) is 6.26 Å². The second-order valence-corrected chi connectivity index (χ2v) is 5.59. The highest BCUT2D eigenvalue weighted by Gasteiger charge is 2.29. The zero-order valence-corrected chi connectivity index (χ0v) is 14.9. The Hall–Kier alpha value is -2.04. The van der Waals surface area contributed by atoms with E-state index in [4.69, 9.17) is 13.9 Å². The molecule has 0 saturated carbocycles. The Morgan fingerprint density at radius 1 is 1.12 bits per heavy atom. The molecule has 5 nitrogen and oxygen atoms in total. The summed E-state index contributed by atoms with van der Waals surface area (Å²) in [5, 5.41) is 0. The van der Waals surface area contributed by atoms with Crippen molar-refractivity contribution in [2.45, 2.75) is 52.9 Å². The molecule has 1 aromatic heterocycles. The maximum absolute atomic E-state index is 12.4. The highest BCUT2D eigenvalue weighted by atomic mass is 16.5. The summed E-state index contributed by atoms with van der Waals surface area (Å²) in [5.41, 5.74) is 0.282. The third-order valence-corrected chi connectivity index (χ3v) is 3.62. The zero-order chi connectivity index (χ0) is 17.8. The van der Waals surface area contributed by atoms with Crippen LogP contribution in [-0.4, -0.2) is 25.2 Å². The minimum absolute atomic E-state index is 0.282. The molecule has 0 saturated heterocycles. The SMILES string of the molecule is CCCCOC(=O)/C(=C/c1ccco1)C(CC)C(=O)OCCCC. The van der Waals surface area contributed by atoms with E-state index in [1.807, 2.05) is 20.8 Å². The molecule has 1 atom stereocenters. The van der Waals surface area contributed by atoms with Crippen molar-refractivity contribution in [3.8, 4) is 0 Å². The molecule has 0 spiro atoms. The number of furan rings is 1. The molecule has 1 rings (SSSR count). The van der Waals surface area contributed by atoms with Crippen LogP contribution >= 0.6 is 0 Å². The van der Waals surface area contributed by atoms with E-state index in [2.05, 4.69) is 0 Å². The Balaban J connectivity index is 2.92. The van der Waals surface area contributed by atoms with Crippen molar-refractivity contribution in [1.29, 1.82) is 0 Å². The molecule has 1 aromatic rings. The summed E-state index contributed by atoms with van der Waals surface area (Å²) in [7, 11) is 0. The van der Waals surface area contributed by atoms with E-state index < -0.39 is 17.9 Å². The molecule has 0 bridgehead atoms. The van der Waals surface area contributed by atoms with Gasteiger partial charge in [-0.3, -0.25) is 4.79 Å². The predicted molar refractivity (Wildman–Crippen MR) is 92.2 cm³/mol. The molecule has 0 fully saturated rings. The van der Waals surface area contributed by atoms with Gasteiger partial charge in [0.05, 0.1) is 31.0 Å². The molecule has 134 valence electrons. The standard InChI is InChI=1S/C19H28O5/c1-4-7-11-23-18(20)16(6-3)17(14-15-10-9-13-22-15)19(21)24-12-8-5-2/h9-10,13-14,16H,4-8,11-12H2,1-3H3/b17-14+. The first kappa shape index (κ1) is 20.0. The summed E-state index contributed by atoms with van der Waals surface area (Å²) < 4.78 is 15.9. The molecular weight excluding hydrogens is 308 g/mol. The maximum atomic E-state index is 12.4. The van der Waals surface area contributed by atoms with Crippen molar-refractivity contribution >= 4 is 18.0 Å². The van der Waals surface area contributed by atoms with Gasteiger partial charge in [0.2, 0.25) is 0 Å². The van der Waals surface area contributed by atoms with Crippen LogP contribution < -0.4 is 0 Å². The fourth-order valence-electron chi connectivity index (χ4n) is 2.15. The number of unbranched alkanes of at least 4 members (excludes halogenated alkanes) is 2. The van der Waals surface area contributed by atoms with Gasteiger partial charge in [-0.05, 0) is 37.5 Å². The number of hydrogen-bond acceptors (Lipinski definition) is 5. The largest absolute Gasteiger partial charge is 0.465 e. The highest BCUT2D eigenvalue weighted by Crippen LogP contribution is 2.22. The molecule has 24 heavy (non-hydrogen) atoms. The van der Waals surface area contributed by atoms with Crippen molar-refractivity contribution in [2.24, 2.45) is 5.92 Å². The van der Waals surface area contributed by atoms with Gasteiger partial charge in [0.15, 0.2) is 0 Å². The zero-order valence-electron chi connectivity index (χ0n) is 14.9. The van der Waals surface area contributed by atoms with Crippen molar-refractivity contribution in [3.05, 3.63) is 29.7 Å². The van der Waals surface area contributed by atoms with Gasteiger partial charge >= 0.3 is 11.9 Å². The van der Waals surface area contributed by atoms with Gasteiger partial charge in [-0.1, -0.05) is 33.6 Å². The summed E-state index contributed by atoms with van der Waals surface area (Å²) in [6, 6.07) is 3.46. The van der Waals surface area contributed by atoms with Gasteiger partial charge in [-0.2, -0.15) is 0 Å². The van der Waals surface area contributed by atoms with Crippen LogP contribution in [0.15, 0.2) is 28.4 Å². The smallest absolute Gasteiger partial charge is 0.335 e. The van der Waals surface area contributed by atoms with Crippen molar-refractivity contribution < 1.29 is 23.5 Å². The van der Waals surface area contributed by atoms with E-state index in [0.717, 1.165) is 25.7 Å². The fraction of sp³-hybridized carbons (Fsp3) is 0.579. The predicted octanol–water partition coefficient (Wildman–Crippen LogP) is 4.38. The molecule has 0 aromatic carbocycles. The monoisotopic (exact) mass is 336 g/mol. The first-order valence-corrected chi connectivity index (χ1v) is 8.72. The highest BCUT2D eigenvalue weighted by molar-refractivity contribution is 5.99. The van der Waals surface area contributed by atoms with E-state index >= 15 is 0 Å². The summed E-state index contributed by atoms with van der Waals surface area (Å²) in [4.78, 5) is 24.8. The lowest BCUT2D eigenvalue weighted by molar-refractivity contribution is -0.150. The van der Waals surface area contributed by atoms with E-state index in [9.17, 15) is 9.59 Å². The molecular formula is C19H28O5. The first-order chi connectivity index (χ1) is 11.6. The Kier molecular flexibility index (Phi) is 9.58. The van der Waals surface area contributed by atoms with Crippen LogP contribution in [0.1, 0.15) is 58.6 Å². The van der Waals surface area contributed by atoms with Gasteiger partial charge in [0.1, 0.15) is 5.76 Å². The lowest BCUT2D eigenvalue weighted by atomic mass is 9.95. The van der Waals surface area contributed by atoms with Crippen LogP contribution in [0, 0.1) is 5.92 Å². The van der Waals surface area contributed by atoms with Crippen molar-refractivity contribution in [1.82, 2.24) is 0 Å². The van der Waals surface area contributed by atoms with Crippen LogP contribution in [-0.2, 0) is 19.1 Å². The van der Waals surface area contributed by atoms with Gasteiger partial charge in [-0.25, -0.2) is 4.79 Å². The molecule has 1 unspecified atom stereocenters. The first-order valence-electron chi connectivity index (χ1n) is 8.72. The number of carbonyl (C=O) groups excluding carboxylic acids is 2. The lowest BCUT2D eigenvalue weighted by Gasteiger charge is -2.17. The van der Waals surface area contributed by atoms with E-state index in [-0.39, 0.29) is 5.57 Å². The van der Waals surface area contributed by atoms with Gasteiger partial charge in [0, 0.05) is 0 Å². The molecule has 0 aliphatic rings. The van der Waals surface area contributed by atoms with E-state index in [0.29, 0.717) is 25.4 Å². The summed E-state index contributed by atoms with van der Waals surface area (Å²) in [6.45, 7) is 6.60. The minimum atomic E-state index is -0.652. The lowest BCUT2D eigenvalue weighted by Crippen LogP contribution is -2.25. The average molecular weight is 336 g/mol. The molecule has 0 aliphatic carbocycles. The fourth-order valence-corrected chi connectivity index (χ4v) is 2.15. The number of ether oxygens (including phenoxy) is 2. The topological polar surface area (TPSA) is 65.7 Å². The molecule has 0 N–H and O–H groups in total. The third-order valence-electron chi connectivity index (χ3n) is 3.62. The Morgan fingerprint density at radius 3 is 2.33 bits per heavy atom. The molecule has 5 heteroatoms. The van der Waals surface area contributed by atoms with Crippen LogP contribution in [0.5, 0.6) is 0 Å². The summed E-state index contributed by atoms with van der Waals surface area (Å²) >= 11 is 0. The summed E-state index contributed by atoms with van der Waals surface area (Å²) in [5.74, 6) is -1.02. The Bertz CT molecular complexity index is 516. The quantitative estimate of drug-likeness (QED) is 0.341. The Labute approximate surface area is 144 Å². The van der Waals surface area contributed by atoms with E-state index in [1.54, 1.807) is 18.2 Å². The van der Waals surface area contributed by atoms with Gasteiger partial charge < -0.3 is 13.9 Å². The van der Waals surface area contributed by atoms with Crippen LogP contribution in [0.25, 0.3) is 6.08 Å². The normalized spacial score (nSPS) is 12.7. The number of rotatable bonds is 11. The molecule has 1 heterocycles. The van der Waals surface area contributed by atoms with Crippen LogP contribution in [0.3, 0.4) is 0 Å². The van der Waals surface area contributed by atoms with Gasteiger partial charge in [0.25, 0.3) is 0 Å². The number of esters is 2. The van der Waals surface area contributed by atoms with Crippen LogP contribution in [0.2, 0.25) is 0 Å². The van der Waals surface area contributed by atoms with Crippen molar-refractivity contribution in [3.63, 3.8) is 0 Å². The summed E-state index contributed by atoms with van der Waals surface area (Å²) in [6.07, 6.45) is 7.02. The second kappa shape index (κ2) is 11.5. The average Bonchev–Trinajstić information content (AvgIpc) is 3.08. The maximum Gasteiger partial charge on any atom is 0.335 e. The number of carbonyl (C=O) groups is 2. The molecule has 0 aliphatic heterocycles. The van der Waals surface area contributed by atoms with Gasteiger partial charge in [-0.15, -0.1) is 0 Å². The van der Waals surface area contributed by atoms with Crippen LogP contribution in [0.4, 0.5) is 0 Å². The minimum Gasteiger partial charge on any atom is -0.465 e. The molecule has 0 radical (unpaired) electrons. The molecule has 0 amide bonds. The second-order valence-electron chi connectivity index (χ2n) is 5.59. The van der Waals surface area contributed by atoms with Crippen molar-refractivity contribution in [2.75, 3.05) is 13.2 Å². The Morgan fingerprint density at radius 2 is 1.79 bits per heavy atom.